The van der Waals surface area contributed by atoms with Crippen molar-refractivity contribution in [2.24, 2.45) is 5.92 Å². The quantitative estimate of drug-likeness (QED) is 0.758. The maximum atomic E-state index is 11.9. The van der Waals surface area contributed by atoms with Gasteiger partial charge in [0, 0.05) is 7.05 Å². The lowest BCUT2D eigenvalue weighted by Gasteiger charge is -2.18. The van der Waals surface area contributed by atoms with Crippen LogP contribution in [0.25, 0.3) is 0 Å². The summed E-state index contributed by atoms with van der Waals surface area (Å²) in [7, 11) is 1.67. The van der Waals surface area contributed by atoms with Gasteiger partial charge in [-0.1, -0.05) is 0 Å². The highest BCUT2D eigenvalue weighted by molar-refractivity contribution is 5.80. The predicted octanol–water partition coefficient (Wildman–Crippen LogP) is 0.691. The Balaban J connectivity index is 1.78. The van der Waals surface area contributed by atoms with Gasteiger partial charge in [0.1, 0.15) is 11.8 Å². The van der Waals surface area contributed by atoms with E-state index in [2.05, 4.69) is 5.32 Å². The largest absolute Gasteiger partial charge is 0.480 e. The number of carboxylic acids is 1. The maximum absolute atomic E-state index is 11.9. The van der Waals surface area contributed by atoms with Gasteiger partial charge in [-0.2, -0.15) is 0 Å². The molecule has 1 atom stereocenters. The van der Waals surface area contributed by atoms with E-state index in [9.17, 15) is 9.59 Å². The molecule has 1 unspecified atom stereocenters. The normalized spacial score (nSPS) is 16.1. The van der Waals surface area contributed by atoms with Gasteiger partial charge in [0.15, 0.2) is 0 Å². The van der Waals surface area contributed by atoms with Crippen molar-refractivity contribution < 1.29 is 19.1 Å². The van der Waals surface area contributed by atoms with E-state index in [1.54, 1.807) is 25.4 Å². The highest BCUT2D eigenvalue weighted by Crippen LogP contribution is 2.32. The number of hydrogen-bond donors (Lipinski definition) is 2. The van der Waals surface area contributed by atoms with Gasteiger partial charge >= 0.3 is 5.97 Å². The van der Waals surface area contributed by atoms with Crippen LogP contribution >= 0.6 is 0 Å². The summed E-state index contributed by atoms with van der Waals surface area (Å²) in [4.78, 5) is 24.4. The number of carboxylic acid groups (broad SMARTS) is 1. The molecule has 1 heterocycles. The smallest absolute Gasteiger partial charge is 0.320 e. The third-order valence-electron chi connectivity index (χ3n) is 3.23. The van der Waals surface area contributed by atoms with E-state index in [4.69, 9.17) is 9.52 Å². The van der Waals surface area contributed by atoms with Gasteiger partial charge in [0.2, 0.25) is 5.91 Å². The molecule has 2 rings (SSSR count). The number of hydrogen-bond acceptors (Lipinski definition) is 4. The second-order valence-electron chi connectivity index (χ2n) is 4.86. The van der Waals surface area contributed by atoms with Gasteiger partial charge in [-0.25, -0.2) is 0 Å². The zero-order chi connectivity index (χ0) is 13.8. The van der Waals surface area contributed by atoms with Crippen molar-refractivity contribution in [3.05, 3.63) is 24.2 Å². The Morgan fingerprint density at radius 2 is 2.32 bits per heavy atom. The van der Waals surface area contributed by atoms with Crippen molar-refractivity contribution in [2.45, 2.75) is 25.4 Å². The van der Waals surface area contributed by atoms with Gasteiger partial charge in [0.25, 0.3) is 0 Å². The summed E-state index contributed by atoms with van der Waals surface area (Å²) >= 11 is 0. The summed E-state index contributed by atoms with van der Waals surface area (Å²) in [5.74, 6) is -0.166. The minimum atomic E-state index is -0.885. The van der Waals surface area contributed by atoms with Crippen LogP contribution in [0.5, 0.6) is 0 Å². The Morgan fingerprint density at radius 1 is 1.58 bits per heavy atom. The monoisotopic (exact) mass is 266 g/mol. The summed E-state index contributed by atoms with van der Waals surface area (Å²) in [6.07, 6.45) is 3.39. The molecular weight excluding hydrogens is 248 g/mol. The Bertz CT molecular complexity index is 440. The summed E-state index contributed by atoms with van der Waals surface area (Å²) < 4.78 is 5.16. The van der Waals surface area contributed by atoms with Gasteiger partial charge in [-0.15, -0.1) is 0 Å². The SMILES string of the molecule is CN(Cc1ccco1)C(=O)CNC(C(=O)O)C1CC1. The number of furan rings is 1. The molecule has 6 nitrogen and oxygen atoms in total. The summed E-state index contributed by atoms with van der Waals surface area (Å²) in [6.45, 7) is 0.416. The molecule has 1 aliphatic rings. The minimum Gasteiger partial charge on any atom is -0.480 e. The number of likely N-dealkylation sites (N-methyl/N-ethyl adjacent to an activating group) is 1. The molecule has 1 aromatic heterocycles. The highest BCUT2D eigenvalue weighted by Gasteiger charge is 2.36. The number of amides is 1. The fourth-order valence-corrected chi connectivity index (χ4v) is 1.94. The molecule has 1 aliphatic carbocycles. The molecule has 2 N–H and O–H groups in total. The lowest BCUT2D eigenvalue weighted by atomic mass is 10.2. The molecule has 1 fully saturated rings. The van der Waals surface area contributed by atoms with Crippen LogP contribution in [-0.4, -0.2) is 41.5 Å². The number of carbonyl (C=O) groups excluding carboxylic acids is 1. The first-order valence-corrected chi connectivity index (χ1v) is 6.30. The van der Waals surface area contributed by atoms with E-state index in [1.807, 2.05) is 0 Å². The minimum absolute atomic E-state index is 0.0324. The average molecular weight is 266 g/mol. The molecule has 0 saturated heterocycles. The summed E-state index contributed by atoms with van der Waals surface area (Å²) in [5, 5.41) is 11.9. The van der Waals surface area contributed by atoms with Crippen molar-refractivity contribution in [1.82, 2.24) is 10.2 Å². The molecule has 19 heavy (non-hydrogen) atoms. The first kappa shape index (κ1) is 13.6. The first-order chi connectivity index (χ1) is 9.08. The van der Waals surface area contributed by atoms with E-state index < -0.39 is 12.0 Å². The van der Waals surface area contributed by atoms with Crippen LogP contribution in [0, 0.1) is 5.92 Å². The summed E-state index contributed by atoms with van der Waals surface area (Å²) in [6, 6.07) is 2.95. The fraction of sp³-hybridized carbons (Fsp3) is 0.538. The van der Waals surface area contributed by atoms with Crippen LogP contribution in [0.3, 0.4) is 0 Å². The number of carbonyl (C=O) groups is 2. The number of rotatable bonds is 7. The lowest BCUT2D eigenvalue weighted by molar-refractivity contribution is -0.140. The van der Waals surface area contributed by atoms with Crippen LogP contribution in [0.2, 0.25) is 0 Å². The van der Waals surface area contributed by atoms with E-state index >= 15 is 0 Å². The van der Waals surface area contributed by atoms with E-state index in [-0.39, 0.29) is 18.4 Å². The van der Waals surface area contributed by atoms with Crippen LogP contribution in [0.4, 0.5) is 0 Å². The van der Waals surface area contributed by atoms with Crippen LogP contribution in [-0.2, 0) is 16.1 Å². The van der Waals surface area contributed by atoms with Gasteiger partial charge in [0.05, 0.1) is 19.4 Å². The molecule has 1 saturated carbocycles. The molecule has 0 radical (unpaired) electrons. The predicted molar refractivity (Wildman–Crippen MR) is 67.3 cm³/mol. The molecule has 0 aliphatic heterocycles. The molecule has 1 amide bonds. The second kappa shape index (κ2) is 5.88. The van der Waals surface area contributed by atoms with Crippen LogP contribution in [0.1, 0.15) is 18.6 Å². The molecule has 104 valence electrons. The second-order valence-corrected chi connectivity index (χ2v) is 4.86. The average Bonchev–Trinajstić information content (AvgIpc) is 3.06. The van der Waals surface area contributed by atoms with E-state index in [1.165, 1.54) is 4.90 Å². The zero-order valence-corrected chi connectivity index (χ0v) is 10.8. The van der Waals surface area contributed by atoms with E-state index in [0.29, 0.717) is 12.3 Å². The Hall–Kier alpha value is -1.82. The Kier molecular flexibility index (Phi) is 4.21. The molecule has 6 heteroatoms. The third-order valence-corrected chi connectivity index (χ3v) is 3.23. The topological polar surface area (TPSA) is 82.8 Å². The fourth-order valence-electron chi connectivity index (χ4n) is 1.94. The van der Waals surface area contributed by atoms with Crippen LogP contribution < -0.4 is 5.32 Å². The van der Waals surface area contributed by atoms with Crippen molar-refractivity contribution in [3.8, 4) is 0 Å². The molecule has 0 aromatic carbocycles. The zero-order valence-electron chi connectivity index (χ0n) is 10.8. The van der Waals surface area contributed by atoms with Crippen molar-refractivity contribution >= 4 is 11.9 Å². The molecule has 1 aromatic rings. The lowest BCUT2D eigenvalue weighted by Crippen LogP contribution is -2.44. The number of nitrogens with zero attached hydrogens (tertiary/aromatic N) is 1. The molecular formula is C13H18N2O4. The molecule has 0 bridgehead atoms. The third kappa shape index (κ3) is 3.82. The van der Waals surface area contributed by atoms with Crippen molar-refractivity contribution in [3.63, 3.8) is 0 Å². The number of aliphatic carboxylic acids is 1. The van der Waals surface area contributed by atoms with Crippen LogP contribution in [0.15, 0.2) is 22.8 Å². The maximum Gasteiger partial charge on any atom is 0.320 e. The van der Waals surface area contributed by atoms with Gasteiger partial charge in [-0.3, -0.25) is 14.9 Å². The summed E-state index contributed by atoms with van der Waals surface area (Å²) in [5.41, 5.74) is 0. The van der Waals surface area contributed by atoms with Gasteiger partial charge in [-0.05, 0) is 30.9 Å². The standard InChI is InChI=1S/C13H18N2O4/c1-15(8-10-3-2-6-19-10)11(16)7-14-12(13(17)18)9-4-5-9/h2-3,6,9,12,14H,4-5,7-8H2,1H3,(H,17,18). The van der Waals surface area contributed by atoms with E-state index in [0.717, 1.165) is 12.8 Å². The first-order valence-electron chi connectivity index (χ1n) is 6.30. The molecule has 0 spiro atoms. The Labute approximate surface area is 111 Å². The van der Waals surface area contributed by atoms with Crippen molar-refractivity contribution in [2.75, 3.05) is 13.6 Å². The van der Waals surface area contributed by atoms with Gasteiger partial charge < -0.3 is 14.4 Å². The highest BCUT2D eigenvalue weighted by atomic mass is 16.4. The van der Waals surface area contributed by atoms with Crippen molar-refractivity contribution in [1.29, 1.82) is 0 Å². The number of nitrogens with one attached hydrogen (secondary N) is 1. The Morgan fingerprint density at radius 3 is 2.84 bits per heavy atom.